The van der Waals surface area contributed by atoms with Crippen molar-refractivity contribution in [2.24, 2.45) is 5.92 Å². The van der Waals surface area contributed by atoms with E-state index in [2.05, 4.69) is 15.9 Å². The molecule has 0 saturated carbocycles. The van der Waals surface area contributed by atoms with E-state index in [9.17, 15) is 14.7 Å². The summed E-state index contributed by atoms with van der Waals surface area (Å²) in [7, 11) is 1.55. The van der Waals surface area contributed by atoms with E-state index in [1.807, 2.05) is 13.8 Å². The summed E-state index contributed by atoms with van der Waals surface area (Å²) in [6.07, 6.45) is -1.75. The van der Waals surface area contributed by atoms with E-state index in [1.54, 1.807) is 31.4 Å². The maximum absolute atomic E-state index is 12.6. The van der Waals surface area contributed by atoms with Crippen LogP contribution in [0, 0.1) is 5.92 Å². The number of carbonyl (C=O) groups is 2. The quantitative estimate of drug-likeness (QED) is 0.787. The molecule has 0 unspecified atom stereocenters. The van der Waals surface area contributed by atoms with E-state index in [0.29, 0.717) is 11.3 Å². The molecule has 1 fully saturated rings. The minimum Gasteiger partial charge on any atom is -0.497 e. The van der Waals surface area contributed by atoms with Gasteiger partial charge in [-0.25, -0.2) is 9.69 Å². The smallest absolute Gasteiger partial charge is 0.417 e. The molecule has 0 aliphatic carbocycles. The molecular formula is C16H20BrNO5. The monoisotopic (exact) mass is 385 g/mol. The van der Waals surface area contributed by atoms with E-state index in [1.165, 1.54) is 0 Å². The predicted molar refractivity (Wildman–Crippen MR) is 87.5 cm³/mol. The first-order valence-electron chi connectivity index (χ1n) is 7.32. The topological polar surface area (TPSA) is 76.1 Å². The highest BCUT2D eigenvalue weighted by Crippen LogP contribution is 2.29. The average molecular weight is 386 g/mol. The zero-order valence-corrected chi connectivity index (χ0v) is 14.8. The number of hydrogen-bond acceptors (Lipinski definition) is 5. The van der Waals surface area contributed by atoms with E-state index < -0.39 is 22.9 Å². The fourth-order valence-electron chi connectivity index (χ4n) is 2.42. The summed E-state index contributed by atoms with van der Waals surface area (Å²) in [5, 5.41) is 10.4. The summed E-state index contributed by atoms with van der Waals surface area (Å²) in [5.41, 5.74) is 0.551. The molecule has 126 valence electrons. The van der Waals surface area contributed by atoms with Crippen LogP contribution in [0.3, 0.4) is 0 Å². The Hall–Kier alpha value is -1.60. The number of benzene rings is 1. The largest absolute Gasteiger partial charge is 0.497 e. The van der Waals surface area contributed by atoms with Gasteiger partial charge < -0.3 is 14.6 Å². The Balaban J connectivity index is 2.15. The molecule has 7 heteroatoms. The second-order valence-corrected chi connectivity index (χ2v) is 6.70. The maximum Gasteiger partial charge on any atom is 0.417 e. The molecule has 0 radical (unpaired) electrons. The number of aliphatic hydroxyl groups is 1. The molecular weight excluding hydrogens is 366 g/mol. The van der Waals surface area contributed by atoms with Crippen LogP contribution in [0.15, 0.2) is 24.3 Å². The predicted octanol–water partition coefficient (Wildman–Crippen LogP) is 2.50. The molecule has 0 bridgehead atoms. The van der Waals surface area contributed by atoms with Crippen LogP contribution in [0.5, 0.6) is 5.75 Å². The second-order valence-electron chi connectivity index (χ2n) is 5.72. The lowest BCUT2D eigenvalue weighted by molar-refractivity contribution is -0.130. The normalized spacial score (nSPS) is 20.3. The number of hydrogen-bond donors (Lipinski definition) is 1. The minimum atomic E-state index is -1.09. The first-order chi connectivity index (χ1) is 10.9. The molecule has 2 amide bonds. The van der Waals surface area contributed by atoms with Crippen LogP contribution < -0.4 is 4.74 Å². The zero-order chi connectivity index (χ0) is 17.1. The molecule has 1 N–H and O–H groups in total. The third kappa shape index (κ3) is 3.67. The van der Waals surface area contributed by atoms with Crippen molar-refractivity contribution in [2.45, 2.75) is 30.8 Å². The maximum atomic E-state index is 12.6. The van der Waals surface area contributed by atoms with E-state index in [4.69, 9.17) is 9.47 Å². The van der Waals surface area contributed by atoms with Gasteiger partial charge in [0.1, 0.15) is 23.3 Å². The van der Waals surface area contributed by atoms with Gasteiger partial charge in [0.15, 0.2) is 0 Å². The number of carbonyl (C=O) groups excluding carboxylic acids is 2. The van der Waals surface area contributed by atoms with Crippen molar-refractivity contribution in [3.05, 3.63) is 29.8 Å². The van der Waals surface area contributed by atoms with Crippen molar-refractivity contribution < 1.29 is 24.2 Å². The lowest BCUT2D eigenvalue weighted by atomic mass is 10.0. The van der Waals surface area contributed by atoms with Crippen LogP contribution >= 0.6 is 15.9 Å². The molecule has 1 heterocycles. The number of halogens is 1. The van der Waals surface area contributed by atoms with Gasteiger partial charge in [-0.15, -0.1) is 0 Å². The van der Waals surface area contributed by atoms with Crippen LogP contribution in [0.4, 0.5) is 4.79 Å². The lowest BCUT2D eigenvalue weighted by Gasteiger charge is -2.26. The summed E-state index contributed by atoms with van der Waals surface area (Å²) in [6, 6.07) is 6.42. The fourth-order valence-corrected chi connectivity index (χ4v) is 2.94. The average Bonchev–Trinajstić information content (AvgIpc) is 2.94. The summed E-state index contributed by atoms with van der Waals surface area (Å²) in [4.78, 5) is 24.6. The number of alkyl halides is 1. The number of rotatable bonds is 5. The van der Waals surface area contributed by atoms with Gasteiger partial charge in [-0.1, -0.05) is 41.9 Å². The Morgan fingerprint density at radius 3 is 2.52 bits per heavy atom. The number of cyclic esters (lactones) is 1. The number of methoxy groups -OCH3 is 1. The highest BCUT2D eigenvalue weighted by Gasteiger charge is 2.43. The van der Waals surface area contributed by atoms with Gasteiger partial charge >= 0.3 is 6.09 Å². The van der Waals surface area contributed by atoms with Crippen molar-refractivity contribution in [3.63, 3.8) is 0 Å². The van der Waals surface area contributed by atoms with Gasteiger partial charge in [0.25, 0.3) is 0 Å². The standard InChI is InChI=1S/C16H20BrNO5/c1-9(2)12-8-23-16(21)18(12)15(20)13(17)14(19)10-4-6-11(22-3)7-5-10/h4-7,9,12-14,19H,8H2,1-3H3/t12-,13-,14+/m1/s1. The van der Waals surface area contributed by atoms with Gasteiger partial charge in [0.05, 0.1) is 13.2 Å². The third-order valence-corrected chi connectivity index (χ3v) is 4.78. The van der Waals surface area contributed by atoms with Crippen LogP contribution in [-0.4, -0.2) is 46.6 Å². The Morgan fingerprint density at radius 1 is 1.39 bits per heavy atom. The number of nitrogens with zero attached hydrogens (tertiary/aromatic N) is 1. The SMILES string of the molecule is COc1ccc([C@H](O)[C@@H](Br)C(=O)N2C(=O)OC[C@@H]2C(C)C)cc1. The Labute approximate surface area is 143 Å². The van der Waals surface area contributed by atoms with Crippen molar-refractivity contribution in [1.82, 2.24) is 4.90 Å². The number of ether oxygens (including phenoxy) is 2. The first kappa shape index (κ1) is 17.7. The molecule has 1 saturated heterocycles. The minimum absolute atomic E-state index is 0.0724. The Bertz CT molecular complexity index is 574. The molecule has 1 aliphatic heterocycles. The van der Waals surface area contributed by atoms with Crippen molar-refractivity contribution in [1.29, 1.82) is 0 Å². The van der Waals surface area contributed by atoms with Crippen LogP contribution in [-0.2, 0) is 9.53 Å². The van der Waals surface area contributed by atoms with Crippen LogP contribution in [0.25, 0.3) is 0 Å². The van der Waals surface area contributed by atoms with Gasteiger partial charge in [-0.05, 0) is 23.6 Å². The zero-order valence-electron chi connectivity index (χ0n) is 13.2. The fraction of sp³-hybridized carbons (Fsp3) is 0.500. The Kier molecular flexibility index (Phi) is 5.64. The molecule has 1 aromatic carbocycles. The van der Waals surface area contributed by atoms with Gasteiger partial charge in [-0.2, -0.15) is 0 Å². The summed E-state index contributed by atoms with van der Waals surface area (Å²) < 4.78 is 10.0. The summed E-state index contributed by atoms with van der Waals surface area (Å²) in [5.74, 6) is 0.221. The van der Waals surface area contributed by atoms with Gasteiger partial charge in [0.2, 0.25) is 5.91 Å². The highest BCUT2D eigenvalue weighted by molar-refractivity contribution is 9.10. The number of aliphatic hydroxyl groups excluding tert-OH is 1. The molecule has 1 aliphatic rings. The second kappa shape index (κ2) is 7.31. The van der Waals surface area contributed by atoms with E-state index in [-0.39, 0.29) is 18.6 Å². The van der Waals surface area contributed by atoms with E-state index >= 15 is 0 Å². The highest BCUT2D eigenvalue weighted by atomic mass is 79.9. The number of amides is 2. The van der Waals surface area contributed by atoms with Crippen molar-refractivity contribution in [2.75, 3.05) is 13.7 Å². The molecule has 6 nitrogen and oxygen atoms in total. The van der Waals surface area contributed by atoms with Gasteiger partial charge in [0, 0.05) is 0 Å². The number of imide groups is 1. The molecule has 23 heavy (non-hydrogen) atoms. The third-order valence-electron chi connectivity index (χ3n) is 3.88. The van der Waals surface area contributed by atoms with Crippen LogP contribution in [0.1, 0.15) is 25.5 Å². The molecule has 1 aromatic rings. The Morgan fingerprint density at radius 2 is 2.00 bits per heavy atom. The molecule has 0 aromatic heterocycles. The van der Waals surface area contributed by atoms with Gasteiger partial charge in [-0.3, -0.25) is 4.79 Å². The molecule has 2 rings (SSSR count). The molecule has 0 spiro atoms. The lowest BCUT2D eigenvalue weighted by Crippen LogP contribution is -2.46. The van der Waals surface area contributed by atoms with Crippen molar-refractivity contribution >= 4 is 27.9 Å². The van der Waals surface area contributed by atoms with E-state index in [0.717, 1.165) is 4.90 Å². The summed E-state index contributed by atoms with van der Waals surface area (Å²) >= 11 is 3.21. The summed E-state index contributed by atoms with van der Waals surface area (Å²) in [6.45, 7) is 4.01. The van der Waals surface area contributed by atoms with Crippen molar-refractivity contribution in [3.8, 4) is 5.75 Å². The first-order valence-corrected chi connectivity index (χ1v) is 8.24. The van der Waals surface area contributed by atoms with Crippen LogP contribution in [0.2, 0.25) is 0 Å². The molecule has 3 atom stereocenters.